The van der Waals surface area contributed by atoms with Crippen LogP contribution in [-0.2, 0) is 41.9 Å². The first-order valence-corrected chi connectivity index (χ1v) is 21.8. The van der Waals surface area contributed by atoms with E-state index in [0.717, 1.165) is 56.1 Å². The number of hydrogen-bond acceptors (Lipinski definition) is 7. The molecule has 1 aromatic rings. The lowest BCUT2D eigenvalue weighted by Gasteiger charge is -2.40. The number of carbonyl (C=O) groups is 5. The van der Waals surface area contributed by atoms with E-state index in [1.54, 1.807) is 25.7 Å². The van der Waals surface area contributed by atoms with Gasteiger partial charge in [-0.05, 0) is 106 Å². The van der Waals surface area contributed by atoms with E-state index in [1.807, 2.05) is 24.3 Å². The van der Waals surface area contributed by atoms with Gasteiger partial charge in [0.15, 0.2) is 9.84 Å². The highest BCUT2D eigenvalue weighted by Crippen LogP contribution is 2.51. The van der Waals surface area contributed by atoms with Crippen molar-refractivity contribution in [2.75, 3.05) is 12.3 Å². The van der Waals surface area contributed by atoms with Crippen LogP contribution in [-0.4, -0.2) is 83.6 Å². The van der Waals surface area contributed by atoms with Gasteiger partial charge in [0.2, 0.25) is 17.6 Å². The fourth-order valence-electron chi connectivity index (χ4n) is 10.1. The molecule has 0 radical (unpaired) electrons. The Balaban J connectivity index is 1.29. The number of carbonyl (C=O) groups excluding carboxylic acids is 5. The topological polar surface area (TPSA) is 185 Å². The Hall–Kier alpha value is -3.48. The third kappa shape index (κ3) is 8.50. The molecular formula is C41H61N5O7S. The zero-order chi connectivity index (χ0) is 39.2. The number of nitrogens with one attached hydrogen (secondary N) is 3. The number of benzene rings is 1. The lowest BCUT2D eigenvalue weighted by molar-refractivity contribution is -0.144. The maximum Gasteiger partial charge on any atom is 0.315 e. The van der Waals surface area contributed by atoms with Crippen LogP contribution in [0, 0.1) is 29.1 Å². The molecule has 54 heavy (non-hydrogen) atoms. The van der Waals surface area contributed by atoms with Crippen LogP contribution < -0.4 is 21.7 Å². The minimum atomic E-state index is -3.59. The number of amides is 5. The molecule has 13 heteroatoms. The minimum absolute atomic E-state index is 0.0417. The van der Waals surface area contributed by atoms with Gasteiger partial charge >= 0.3 is 6.03 Å². The molecule has 5 aliphatic rings. The molecule has 0 bridgehead atoms. The predicted molar refractivity (Wildman–Crippen MR) is 206 cm³/mol. The van der Waals surface area contributed by atoms with Gasteiger partial charge < -0.3 is 26.6 Å². The van der Waals surface area contributed by atoms with Gasteiger partial charge in [0.25, 0.3) is 5.91 Å². The summed E-state index contributed by atoms with van der Waals surface area (Å²) in [5.41, 5.74) is 6.61. The van der Waals surface area contributed by atoms with Crippen molar-refractivity contribution in [2.24, 2.45) is 34.8 Å². The Bertz CT molecular complexity index is 1720. The molecule has 5 atom stereocenters. The normalized spacial score (nSPS) is 26.2. The predicted octanol–water partition coefficient (Wildman–Crippen LogP) is 3.98. The van der Waals surface area contributed by atoms with Gasteiger partial charge in [-0.15, -0.1) is 0 Å². The average Bonchev–Trinajstić information content (AvgIpc) is 3.73. The van der Waals surface area contributed by atoms with Crippen LogP contribution in [0.1, 0.15) is 116 Å². The minimum Gasteiger partial charge on any atom is -0.363 e. The van der Waals surface area contributed by atoms with Gasteiger partial charge in [-0.2, -0.15) is 0 Å². The Kier molecular flexibility index (Phi) is 11.3. The number of nitrogens with two attached hydrogens (primary N) is 1. The summed E-state index contributed by atoms with van der Waals surface area (Å²) in [7, 11) is -3.59. The summed E-state index contributed by atoms with van der Waals surface area (Å²) in [5.74, 6) is -3.18. The number of urea groups is 1. The van der Waals surface area contributed by atoms with E-state index in [1.165, 1.54) is 0 Å². The van der Waals surface area contributed by atoms with Crippen LogP contribution in [0.25, 0.3) is 0 Å². The number of hydrogen-bond donors (Lipinski definition) is 4. The molecule has 6 rings (SSSR count). The SMILES string of the molecule is CC1(C)CC2CN(C(=O)[C@@H](NC(=O)NC3(CS(=O)(=O)C(C)(C)C)CCCCC3)C3Cc4ccccc4C3)[C@H](C(=O)NC(CC3CCC3)C(=O)C(N)=O)C2C1. The van der Waals surface area contributed by atoms with Gasteiger partial charge in [0.1, 0.15) is 12.1 Å². The summed E-state index contributed by atoms with van der Waals surface area (Å²) in [4.78, 5) is 70.4. The lowest BCUT2D eigenvalue weighted by Crippen LogP contribution is -2.63. The molecule has 298 valence electrons. The Labute approximate surface area is 320 Å². The highest BCUT2D eigenvalue weighted by molar-refractivity contribution is 7.92. The van der Waals surface area contributed by atoms with Gasteiger partial charge in [-0.1, -0.05) is 76.6 Å². The first kappa shape index (κ1) is 40.2. The molecule has 4 fully saturated rings. The van der Waals surface area contributed by atoms with E-state index in [4.69, 9.17) is 5.73 Å². The van der Waals surface area contributed by atoms with Crippen molar-refractivity contribution in [3.05, 3.63) is 35.4 Å². The maximum atomic E-state index is 15.1. The van der Waals surface area contributed by atoms with Gasteiger partial charge in [-0.25, -0.2) is 13.2 Å². The molecule has 3 unspecified atom stereocenters. The Morgan fingerprint density at radius 3 is 2.11 bits per heavy atom. The Morgan fingerprint density at radius 1 is 0.926 bits per heavy atom. The second kappa shape index (κ2) is 15.2. The summed E-state index contributed by atoms with van der Waals surface area (Å²) in [6, 6.07) is 4.42. The number of nitrogens with zero attached hydrogens (tertiary/aromatic N) is 1. The molecule has 5 N–H and O–H groups in total. The monoisotopic (exact) mass is 767 g/mol. The average molecular weight is 768 g/mol. The van der Waals surface area contributed by atoms with Gasteiger partial charge in [0.05, 0.1) is 22.1 Å². The number of sulfone groups is 1. The summed E-state index contributed by atoms with van der Waals surface area (Å²) >= 11 is 0. The molecular weight excluding hydrogens is 707 g/mol. The molecule has 12 nitrogen and oxygen atoms in total. The van der Waals surface area contributed by atoms with E-state index in [2.05, 4.69) is 29.8 Å². The fraction of sp³-hybridized carbons (Fsp3) is 0.732. The summed E-state index contributed by atoms with van der Waals surface area (Å²) in [6.45, 7) is 9.66. The van der Waals surface area contributed by atoms with Gasteiger partial charge in [-0.3, -0.25) is 19.2 Å². The van der Waals surface area contributed by atoms with Crippen molar-refractivity contribution in [3.63, 3.8) is 0 Å². The molecule has 0 aromatic heterocycles. The van der Waals surface area contributed by atoms with Crippen molar-refractivity contribution in [1.29, 1.82) is 0 Å². The summed E-state index contributed by atoms with van der Waals surface area (Å²) < 4.78 is 26.0. The first-order chi connectivity index (χ1) is 25.3. The molecule has 5 amide bonds. The quantitative estimate of drug-likeness (QED) is 0.232. The molecule has 1 saturated heterocycles. The van der Waals surface area contributed by atoms with Crippen molar-refractivity contribution >= 4 is 39.4 Å². The van der Waals surface area contributed by atoms with Crippen LogP contribution in [0.5, 0.6) is 0 Å². The number of ketones is 1. The number of likely N-dealkylation sites (tertiary alicyclic amines) is 1. The molecule has 1 heterocycles. The lowest BCUT2D eigenvalue weighted by atomic mass is 9.80. The molecule has 1 aliphatic heterocycles. The van der Waals surface area contributed by atoms with Crippen molar-refractivity contribution in [1.82, 2.24) is 20.9 Å². The van der Waals surface area contributed by atoms with Crippen molar-refractivity contribution < 1.29 is 32.4 Å². The second-order valence-electron chi connectivity index (χ2n) is 19.0. The van der Waals surface area contributed by atoms with E-state index in [9.17, 15) is 27.6 Å². The maximum absolute atomic E-state index is 15.1. The van der Waals surface area contributed by atoms with Crippen LogP contribution in [0.3, 0.4) is 0 Å². The zero-order valence-corrected chi connectivity index (χ0v) is 33.6. The van der Waals surface area contributed by atoms with E-state index in [-0.39, 0.29) is 40.7 Å². The number of primary amides is 1. The molecule has 4 aliphatic carbocycles. The second-order valence-corrected chi connectivity index (χ2v) is 21.7. The summed E-state index contributed by atoms with van der Waals surface area (Å²) in [5, 5.41) is 9.00. The largest absolute Gasteiger partial charge is 0.363 e. The molecule has 3 saturated carbocycles. The van der Waals surface area contributed by atoms with Crippen LogP contribution in [0.2, 0.25) is 0 Å². The van der Waals surface area contributed by atoms with Crippen LogP contribution in [0.4, 0.5) is 4.79 Å². The fourth-order valence-corrected chi connectivity index (χ4v) is 11.6. The van der Waals surface area contributed by atoms with E-state index in [0.29, 0.717) is 45.1 Å². The van der Waals surface area contributed by atoms with Crippen molar-refractivity contribution in [3.8, 4) is 0 Å². The molecule has 0 spiro atoms. The van der Waals surface area contributed by atoms with Gasteiger partial charge in [0, 0.05) is 6.54 Å². The first-order valence-electron chi connectivity index (χ1n) is 20.1. The molecule has 1 aromatic carbocycles. The zero-order valence-electron chi connectivity index (χ0n) is 32.7. The Morgan fingerprint density at radius 2 is 1.56 bits per heavy atom. The number of Topliss-reactive ketones (excluding diaryl/α,β-unsaturated/α-hetero) is 1. The number of fused-ring (bicyclic) bond motifs is 2. The highest BCUT2D eigenvalue weighted by Gasteiger charge is 2.56. The third-order valence-corrected chi connectivity index (χ3v) is 16.1. The summed E-state index contributed by atoms with van der Waals surface area (Å²) in [6.07, 6.45) is 9.35. The standard InChI is InChI=1S/C41H61N5O7S/c1-39(2,3)54(52,53)24-41(16-9-6-10-17-41)45-38(51)44-32(28-19-26-14-7-8-15-27(26)20-28)37(50)46-23-29-21-40(4,5)22-30(29)33(46)36(49)43-31(34(47)35(42)48)18-25-12-11-13-25/h7-8,14-15,25,28-33H,6,9-13,16-24H2,1-5H3,(H2,42,48)(H,43,49)(H2,44,45,51)/t29?,30?,31?,32-,33-/m0/s1. The van der Waals surface area contributed by atoms with Crippen LogP contribution in [0.15, 0.2) is 24.3 Å². The smallest absolute Gasteiger partial charge is 0.315 e. The van der Waals surface area contributed by atoms with E-state index < -0.39 is 61.9 Å². The van der Waals surface area contributed by atoms with Crippen LogP contribution >= 0.6 is 0 Å². The highest BCUT2D eigenvalue weighted by atomic mass is 32.2. The third-order valence-electron chi connectivity index (χ3n) is 13.3. The van der Waals surface area contributed by atoms with Crippen molar-refractivity contribution in [2.45, 2.75) is 147 Å². The number of rotatable bonds is 12. The van der Waals surface area contributed by atoms with E-state index >= 15 is 4.79 Å².